The Morgan fingerprint density at radius 2 is 1.75 bits per heavy atom. The van der Waals surface area contributed by atoms with Gasteiger partial charge in [-0.1, -0.05) is 12.1 Å². The van der Waals surface area contributed by atoms with Gasteiger partial charge in [0.15, 0.2) is 0 Å². The number of benzene rings is 1. The number of piperazine rings is 1. The molecule has 0 aliphatic carbocycles. The molecule has 0 atom stereocenters. The van der Waals surface area contributed by atoms with Gasteiger partial charge in [-0.05, 0) is 17.7 Å². The molecule has 0 unspecified atom stereocenters. The normalized spacial score (nSPS) is 15.0. The second-order valence-corrected chi connectivity index (χ2v) is 5.67. The highest BCUT2D eigenvalue weighted by molar-refractivity contribution is 5.78. The zero-order valence-electron chi connectivity index (χ0n) is 14.3. The van der Waals surface area contributed by atoms with E-state index in [1.165, 1.54) is 7.11 Å². The predicted octanol–water partition coefficient (Wildman–Crippen LogP) is 0.738. The number of methoxy groups -OCH3 is 2. The van der Waals surface area contributed by atoms with Gasteiger partial charge in [0.1, 0.15) is 5.75 Å². The van der Waals surface area contributed by atoms with E-state index < -0.39 is 0 Å². The van der Waals surface area contributed by atoms with E-state index in [4.69, 9.17) is 9.47 Å². The van der Waals surface area contributed by atoms with Crippen LogP contribution < -0.4 is 10.1 Å². The van der Waals surface area contributed by atoms with Crippen molar-refractivity contribution in [1.29, 1.82) is 0 Å². The fraction of sp³-hybridized carbons (Fsp3) is 0.529. The third-order valence-electron chi connectivity index (χ3n) is 4.08. The topological polar surface area (TPSA) is 71.1 Å². The lowest BCUT2D eigenvalue weighted by Crippen LogP contribution is -2.50. The lowest BCUT2D eigenvalue weighted by molar-refractivity contribution is -0.120. The van der Waals surface area contributed by atoms with Crippen LogP contribution in [-0.2, 0) is 16.0 Å². The summed E-state index contributed by atoms with van der Waals surface area (Å²) in [5, 5.41) is 2.94. The van der Waals surface area contributed by atoms with Gasteiger partial charge < -0.3 is 19.7 Å². The maximum Gasteiger partial charge on any atom is 0.409 e. The highest BCUT2D eigenvalue weighted by Gasteiger charge is 2.20. The summed E-state index contributed by atoms with van der Waals surface area (Å²) in [6.45, 7) is 4.29. The van der Waals surface area contributed by atoms with E-state index in [0.29, 0.717) is 26.1 Å². The van der Waals surface area contributed by atoms with Crippen molar-refractivity contribution in [2.45, 2.75) is 6.42 Å². The van der Waals surface area contributed by atoms with Gasteiger partial charge in [-0.25, -0.2) is 4.79 Å². The van der Waals surface area contributed by atoms with Gasteiger partial charge in [0, 0.05) is 39.3 Å². The largest absolute Gasteiger partial charge is 0.497 e. The number of hydrogen-bond acceptors (Lipinski definition) is 5. The van der Waals surface area contributed by atoms with E-state index in [2.05, 4.69) is 10.2 Å². The summed E-state index contributed by atoms with van der Waals surface area (Å²) >= 11 is 0. The molecular formula is C17H25N3O4. The molecular weight excluding hydrogens is 310 g/mol. The molecule has 7 nitrogen and oxygen atoms in total. The molecule has 1 aromatic rings. The Hall–Kier alpha value is -2.28. The van der Waals surface area contributed by atoms with Crippen LogP contribution in [0.4, 0.5) is 4.79 Å². The lowest BCUT2D eigenvalue weighted by atomic mass is 10.1. The zero-order chi connectivity index (χ0) is 17.4. The number of ether oxygens (including phenoxy) is 2. The van der Waals surface area contributed by atoms with E-state index in [0.717, 1.165) is 30.9 Å². The molecule has 1 N–H and O–H groups in total. The minimum Gasteiger partial charge on any atom is -0.497 e. The molecule has 2 amide bonds. The first-order valence-electron chi connectivity index (χ1n) is 8.07. The minimum absolute atomic E-state index is 0.00774. The van der Waals surface area contributed by atoms with Crippen molar-refractivity contribution in [1.82, 2.24) is 15.1 Å². The number of carbonyl (C=O) groups is 2. The van der Waals surface area contributed by atoms with Crippen molar-refractivity contribution in [2.24, 2.45) is 0 Å². The molecule has 0 spiro atoms. The number of hydrogen-bond donors (Lipinski definition) is 1. The van der Waals surface area contributed by atoms with Crippen molar-refractivity contribution in [3.63, 3.8) is 0 Å². The number of rotatable bonds is 6. The van der Waals surface area contributed by atoms with Crippen molar-refractivity contribution in [3.05, 3.63) is 29.8 Å². The molecule has 1 aliphatic rings. The number of nitrogens with one attached hydrogen (secondary N) is 1. The molecule has 7 heteroatoms. The maximum absolute atomic E-state index is 12.0. The Morgan fingerprint density at radius 1 is 1.08 bits per heavy atom. The van der Waals surface area contributed by atoms with E-state index in [-0.39, 0.29) is 12.0 Å². The van der Waals surface area contributed by atoms with Crippen LogP contribution >= 0.6 is 0 Å². The maximum atomic E-state index is 12.0. The van der Waals surface area contributed by atoms with Crippen molar-refractivity contribution in [3.8, 4) is 5.75 Å². The molecule has 1 aliphatic heterocycles. The van der Waals surface area contributed by atoms with Crippen LogP contribution in [-0.4, -0.2) is 75.3 Å². The fourth-order valence-corrected chi connectivity index (χ4v) is 2.63. The standard InChI is InChI=1S/C17H25N3O4/c1-23-15-5-3-14(4-6-15)13-16(21)18-7-8-19-9-11-20(12-10-19)17(22)24-2/h3-6H,7-13H2,1-2H3,(H,18,21). The molecule has 2 rings (SSSR count). The first-order chi connectivity index (χ1) is 11.6. The molecule has 132 valence electrons. The van der Waals surface area contributed by atoms with Crippen LogP contribution in [0.1, 0.15) is 5.56 Å². The second kappa shape index (κ2) is 9.12. The number of carbonyl (C=O) groups excluding carboxylic acids is 2. The van der Waals surface area contributed by atoms with E-state index >= 15 is 0 Å². The highest BCUT2D eigenvalue weighted by Crippen LogP contribution is 2.11. The summed E-state index contributed by atoms with van der Waals surface area (Å²) in [7, 11) is 3.01. The molecule has 0 aromatic heterocycles. The molecule has 24 heavy (non-hydrogen) atoms. The van der Waals surface area contributed by atoms with Crippen LogP contribution in [0, 0.1) is 0 Å². The summed E-state index contributed by atoms with van der Waals surface area (Å²) in [4.78, 5) is 27.3. The summed E-state index contributed by atoms with van der Waals surface area (Å²) in [5.74, 6) is 0.790. The molecule has 1 heterocycles. The smallest absolute Gasteiger partial charge is 0.409 e. The van der Waals surface area contributed by atoms with Crippen molar-refractivity contribution >= 4 is 12.0 Å². The average molecular weight is 335 g/mol. The van der Waals surface area contributed by atoms with Gasteiger partial charge in [-0.3, -0.25) is 9.69 Å². The van der Waals surface area contributed by atoms with Gasteiger partial charge in [-0.15, -0.1) is 0 Å². The summed E-state index contributed by atoms with van der Waals surface area (Å²) < 4.78 is 9.81. The third-order valence-corrected chi connectivity index (χ3v) is 4.08. The predicted molar refractivity (Wildman–Crippen MR) is 90.1 cm³/mol. The van der Waals surface area contributed by atoms with Crippen LogP contribution in [0.25, 0.3) is 0 Å². The van der Waals surface area contributed by atoms with Crippen molar-refractivity contribution < 1.29 is 19.1 Å². The number of nitrogens with zero attached hydrogens (tertiary/aromatic N) is 2. The Labute approximate surface area is 142 Å². The quantitative estimate of drug-likeness (QED) is 0.830. The van der Waals surface area contributed by atoms with Crippen LogP contribution in [0.2, 0.25) is 0 Å². The molecule has 1 saturated heterocycles. The molecule has 0 saturated carbocycles. The van der Waals surface area contributed by atoms with Crippen molar-refractivity contribution in [2.75, 3.05) is 53.5 Å². The van der Waals surface area contributed by atoms with Crippen LogP contribution in [0.15, 0.2) is 24.3 Å². The van der Waals surface area contributed by atoms with Gasteiger partial charge in [-0.2, -0.15) is 0 Å². The van der Waals surface area contributed by atoms with Gasteiger partial charge >= 0.3 is 6.09 Å². The van der Waals surface area contributed by atoms with E-state index in [9.17, 15) is 9.59 Å². The Bertz CT molecular complexity index is 539. The van der Waals surface area contributed by atoms with Crippen LogP contribution in [0.3, 0.4) is 0 Å². The minimum atomic E-state index is -0.276. The van der Waals surface area contributed by atoms with E-state index in [1.54, 1.807) is 12.0 Å². The van der Waals surface area contributed by atoms with E-state index in [1.807, 2.05) is 24.3 Å². The second-order valence-electron chi connectivity index (χ2n) is 5.67. The molecule has 0 radical (unpaired) electrons. The first-order valence-corrected chi connectivity index (χ1v) is 8.07. The van der Waals surface area contributed by atoms with Crippen LogP contribution in [0.5, 0.6) is 5.75 Å². The summed E-state index contributed by atoms with van der Waals surface area (Å²) in [5.41, 5.74) is 0.958. The molecule has 0 bridgehead atoms. The SMILES string of the molecule is COC(=O)N1CCN(CCNC(=O)Cc2ccc(OC)cc2)CC1. The monoisotopic (exact) mass is 335 g/mol. The lowest BCUT2D eigenvalue weighted by Gasteiger charge is -2.33. The zero-order valence-corrected chi connectivity index (χ0v) is 14.3. The highest BCUT2D eigenvalue weighted by atomic mass is 16.5. The third kappa shape index (κ3) is 5.42. The Kier molecular flexibility index (Phi) is 6.87. The number of amides is 2. The average Bonchev–Trinajstić information content (AvgIpc) is 2.62. The van der Waals surface area contributed by atoms with Gasteiger partial charge in [0.2, 0.25) is 5.91 Å². The Balaban J connectivity index is 1.63. The molecule has 1 fully saturated rings. The summed E-state index contributed by atoms with van der Waals surface area (Å²) in [6.07, 6.45) is 0.0857. The fourth-order valence-electron chi connectivity index (χ4n) is 2.63. The Morgan fingerprint density at radius 3 is 2.33 bits per heavy atom. The van der Waals surface area contributed by atoms with Gasteiger partial charge in [0.05, 0.1) is 20.6 Å². The van der Waals surface area contributed by atoms with Gasteiger partial charge in [0.25, 0.3) is 0 Å². The molecule has 1 aromatic carbocycles. The summed E-state index contributed by atoms with van der Waals surface area (Å²) in [6, 6.07) is 7.49. The first kappa shape index (κ1) is 18.1.